The molecule has 1 rings (SSSR count). The molecular weight excluding hydrogens is 138 g/mol. The van der Waals surface area contributed by atoms with Crippen LogP contribution in [0.2, 0.25) is 0 Å². The van der Waals surface area contributed by atoms with Crippen LogP contribution in [0.4, 0.5) is 0 Å². The van der Waals surface area contributed by atoms with E-state index in [-0.39, 0.29) is 6.04 Å². The summed E-state index contributed by atoms with van der Waals surface area (Å²) in [6, 6.07) is 0.184. The fourth-order valence-electron chi connectivity index (χ4n) is 1.92. The molecule has 1 saturated heterocycles. The van der Waals surface area contributed by atoms with Gasteiger partial charge in [0.1, 0.15) is 5.78 Å². The lowest BCUT2D eigenvalue weighted by molar-refractivity contribution is -0.127. The summed E-state index contributed by atoms with van der Waals surface area (Å²) in [5.41, 5.74) is 0. The van der Waals surface area contributed by atoms with Gasteiger partial charge in [-0.2, -0.15) is 0 Å². The van der Waals surface area contributed by atoms with Gasteiger partial charge in [0.15, 0.2) is 0 Å². The molecule has 0 aromatic carbocycles. The van der Waals surface area contributed by atoms with Gasteiger partial charge >= 0.3 is 0 Å². The molecule has 1 atom stereocenters. The van der Waals surface area contributed by atoms with Crippen LogP contribution < -0.4 is 0 Å². The number of hydrogen-bond donors (Lipinski definition) is 0. The fourth-order valence-corrected chi connectivity index (χ4v) is 1.92. The molecule has 0 aliphatic carbocycles. The van der Waals surface area contributed by atoms with Gasteiger partial charge in [-0.3, -0.25) is 9.69 Å². The van der Waals surface area contributed by atoms with Crippen molar-refractivity contribution in [1.82, 2.24) is 4.90 Å². The molecule has 1 aliphatic heterocycles. The summed E-state index contributed by atoms with van der Waals surface area (Å²) in [4.78, 5) is 13.6. The lowest BCUT2D eigenvalue weighted by Gasteiger charge is -2.33. The van der Waals surface area contributed by atoms with Crippen molar-refractivity contribution in [2.24, 2.45) is 5.92 Å². The number of piperidine rings is 1. The first kappa shape index (κ1) is 8.72. The van der Waals surface area contributed by atoms with Gasteiger partial charge in [0.25, 0.3) is 0 Å². The van der Waals surface area contributed by atoms with Gasteiger partial charge in [0.2, 0.25) is 0 Å². The van der Waals surface area contributed by atoms with Crippen molar-refractivity contribution in [3.05, 3.63) is 0 Å². The standard InChI is InChI=1S/C9H17NO/c1-7(2)9-8(11)5-4-6-10(9)3/h7,9H,4-6H2,1-3H3. The van der Waals surface area contributed by atoms with Gasteiger partial charge in [-0.1, -0.05) is 13.8 Å². The first-order chi connectivity index (χ1) is 5.13. The van der Waals surface area contributed by atoms with Crippen molar-refractivity contribution in [3.63, 3.8) is 0 Å². The molecule has 2 nitrogen and oxygen atoms in total. The molecule has 1 fully saturated rings. The second kappa shape index (κ2) is 3.35. The van der Waals surface area contributed by atoms with Crippen LogP contribution in [0, 0.1) is 5.92 Å². The Balaban J connectivity index is 2.63. The number of likely N-dealkylation sites (tertiary alicyclic amines) is 1. The van der Waals surface area contributed by atoms with Gasteiger partial charge in [-0.25, -0.2) is 0 Å². The number of carbonyl (C=O) groups is 1. The minimum Gasteiger partial charge on any atom is -0.298 e. The summed E-state index contributed by atoms with van der Waals surface area (Å²) >= 11 is 0. The summed E-state index contributed by atoms with van der Waals surface area (Å²) in [5.74, 6) is 0.890. The van der Waals surface area contributed by atoms with Crippen LogP contribution >= 0.6 is 0 Å². The van der Waals surface area contributed by atoms with Crippen LogP contribution in [-0.2, 0) is 4.79 Å². The molecule has 64 valence electrons. The van der Waals surface area contributed by atoms with Crippen LogP contribution in [0.1, 0.15) is 26.7 Å². The fraction of sp³-hybridized carbons (Fsp3) is 0.889. The Morgan fingerprint density at radius 1 is 1.55 bits per heavy atom. The number of rotatable bonds is 1. The minimum absolute atomic E-state index is 0.184. The Labute approximate surface area is 68.6 Å². The molecule has 0 bridgehead atoms. The SMILES string of the molecule is CC(C)C1C(=O)CCCN1C. The Bertz CT molecular complexity index is 154. The average molecular weight is 155 g/mol. The average Bonchev–Trinajstić information content (AvgIpc) is 1.85. The number of likely N-dealkylation sites (N-methyl/N-ethyl adjacent to an activating group) is 1. The maximum Gasteiger partial charge on any atom is 0.150 e. The largest absolute Gasteiger partial charge is 0.298 e. The summed E-state index contributed by atoms with van der Waals surface area (Å²) < 4.78 is 0. The van der Waals surface area contributed by atoms with Crippen molar-refractivity contribution in [2.45, 2.75) is 32.7 Å². The molecule has 0 radical (unpaired) electrons. The predicted octanol–water partition coefficient (Wildman–Crippen LogP) is 1.31. The van der Waals surface area contributed by atoms with E-state index in [0.29, 0.717) is 11.7 Å². The summed E-state index contributed by atoms with van der Waals surface area (Å²) in [6.07, 6.45) is 1.83. The molecule has 1 aliphatic rings. The van der Waals surface area contributed by atoms with E-state index >= 15 is 0 Å². The van der Waals surface area contributed by atoms with Crippen LogP contribution in [0.25, 0.3) is 0 Å². The van der Waals surface area contributed by atoms with Crippen LogP contribution in [0.3, 0.4) is 0 Å². The highest BCUT2D eigenvalue weighted by Gasteiger charge is 2.28. The Kier molecular flexibility index (Phi) is 2.66. The first-order valence-electron chi connectivity index (χ1n) is 4.36. The summed E-state index contributed by atoms with van der Waals surface area (Å²) in [5, 5.41) is 0. The maximum absolute atomic E-state index is 11.4. The maximum atomic E-state index is 11.4. The van der Waals surface area contributed by atoms with E-state index in [1.807, 2.05) is 7.05 Å². The Hall–Kier alpha value is -0.370. The summed E-state index contributed by atoms with van der Waals surface area (Å²) in [7, 11) is 2.04. The molecular formula is C9H17NO. The van der Waals surface area contributed by atoms with Crippen molar-refractivity contribution in [3.8, 4) is 0 Å². The van der Waals surface area contributed by atoms with E-state index in [4.69, 9.17) is 0 Å². The third kappa shape index (κ3) is 1.80. The van der Waals surface area contributed by atoms with Crippen molar-refractivity contribution in [1.29, 1.82) is 0 Å². The monoisotopic (exact) mass is 155 g/mol. The van der Waals surface area contributed by atoms with E-state index in [1.54, 1.807) is 0 Å². The Morgan fingerprint density at radius 3 is 2.55 bits per heavy atom. The van der Waals surface area contributed by atoms with E-state index in [0.717, 1.165) is 19.4 Å². The second-order valence-electron chi connectivity index (χ2n) is 3.74. The molecule has 2 heteroatoms. The molecule has 0 aromatic rings. The smallest absolute Gasteiger partial charge is 0.150 e. The summed E-state index contributed by atoms with van der Waals surface area (Å²) in [6.45, 7) is 5.31. The third-order valence-electron chi connectivity index (χ3n) is 2.37. The third-order valence-corrected chi connectivity index (χ3v) is 2.37. The van der Waals surface area contributed by atoms with Crippen molar-refractivity contribution >= 4 is 5.78 Å². The molecule has 1 unspecified atom stereocenters. The van der Waals surface area contributed by atoms with E-state index in [9.17, 15) is 4.79 Å². The van der Waals surface area contributed by atoms with Gasteiger partial charge in [0.05, 0.1) is 6.04 Å². The Morgan fingerprint density at radius 2 is 2.18 bits per heavy atom. The number of Topliss-reactive ketones (excluding diaryl/α,β-unsaturated/α-hetero) is 1. The minimum atomic E-state index is 0.184. The molecule has 0 amide bonds. The zero-order valence-corrected chi connectivity index (χ0v) is 7.63. The van der Waals surface area contributed by atoms with Crippen molar-refractivity contribution < 1.29 is 4.79 Å². The second-order valence-corrected chi connectivity index (χ2v) is 3.74. The quantitative estimate of drug-likeness (QED) is 0.569. The van der Waals surface area contributed by atoms with Gasteiger partial charge in [-0.05, 0) is 25.9 Å². The molecule has 0 N–H and O–H groups in total. The normalized spacial score (nSPS) is 28.0. The molecule has 0 aromatic heterocycles. The number of hydrogen-bond acceptors (Lipinski definition) is 2. The molecule has 1 heterocycles. The van der Waals surface area contributed by atoms with Crippen LogP contribution in [-0.4, -0.2) is 30.3 Å². The van der Waals surface area contributed by atoms with Gasteiger partial charge in [-0.15, -0.1) is 0 Å². The van der Waals surface area contributed by atoms with E-state index < -0.39 is 0 Å². The molecule has 11 heavy (non-hydrogen) atoms. The van der Waals surface area contributed by atoms with Crippen LogP contribution in [0.15, 0.2) is 0 Å². The van der Waals surface area contributed by atoms with Crippen LogP contribution in [0.5, 0.6) is 0 Å². The first-order valence-corrected chi connectivity index (χ1v) is 4.36. The number of carbonyl (C=O) groups excluding carboxylic acids is 1. The zero-order chi connectivity index (χ0) is 8.43. The zero-order valence-electron chi connectivity index (χ0n) is 7.63. The van der Waals surface area contributed by atoms with Gasteiger partial charge < -0.3 is 0 Å². The van der Waals surface area contributed by atoms with E-state index in [1.165, 1.54) is 0 Å². The molecule has 0 spiro atoms. The molecule has 0 saturated carbocycles. The topological polar surface area (TPSA) is 20.3 Å². The highest BCUT2D eigenvalue weighted by atomic mass is 16.1. The predicted molar refractivity (Wildman–Crippen MR) is 45.5 cm³/mol. The highest BCUT2D eigenvalue weighted by Crippen LogP contribution is 2.17. The lowest BCUT2D eigenvalue weighted by Crippen LogP contribution is -2.46. The lowest BCUT2D eigenvalue weighted by atomic mass is 9.92. The van der Waals surface area contributed by atoms with E-state index in [2.05, 4.69) is 18.7 Å². The van der Waals surface area contributed by atoms with Crippen molar-refractivity contribution in [2.75, 3.05) is 13.6 Å². The number of nitrogens with zero attached hydrogens (tertiary/aromatic N) is 1. The van der Waals surface area contributed by atoms with Gasteiger partial charge in [0, 0.05) is 6.42 Å². The number of ketones is 1. The highest BCUT2D eigenvalue weighted by molar-refractivity contribution is 5.84.